The summed E-state index contributed by atoms with van der Waals surface area (Å²) >= 11 is 7.07. The molecule has 1 aromatic rings. The lowest BCUT2D eigenvalue weighted by Gasteiger charge is -2.37. The third-order valence-corrected chi connectivity index (χ3v) is 5.38. The van der Waals surface area contributed by atoms with Crippen LogP contribution in [0.25, 0.3) is 0 Å². The van der Waals surface area contributed by atoms with Gasteiger partial charge in [-0.05, 0) is 12.1 Å². The van der Waals surface area contributed by atoms with Crippen molar-refractivity contribution >= 4 is 34.6 Å². The van der Waals surface area contributed by atoms with Crippen molar-refractivity contribution in [2.75, 3.05) is 26.3 Å². The Morgan fingerprint density at radius 2 is 1.86 bits per heavy atom. The van der Waals surface area contributed by atoms with Crippen molar-refractivity contribution in [1.82, 2.24) is 4.90 Å². The van der Waals surface area contributed by atoms with E-state index in [1.807, 2.05) is 0 Å². The molecule has 0 bridgehead atoms. The van der Waals surface area contributed by atoms with Gasteiger partial charge in [-0.1, -0.05) is 11.6 Å². The molecule has 0 radical (unpaired) electrons. The van der Waals surface area contributed by atoms with E-state index < -0.39 is 5.79 Å². The maximum absolute atomic E-state index is 12.2. The number of rotatable bonds is 4. The molecule has 0 atom stereocenters. The van der Waals surface area contributed by atoms with Gasteiger partial charge in [-0.3, -0.25) is 9.59 Å². The molecule has 3 heterocycles. The molecule has 120 valence electrons. The molecule has 2 aliphatic heterocycles. The highest BCUT2D eigenvalue weighted by Gasteiger charge is 2.40. The van der Waals surface area contributed by atoms with Crippen LogP contribution in [0.3, 0.4) is 0 Å². The number of hydrogen-bond donors (Lipinski definition) is 0. The number of amides is 1. The topological polar surface area (TPSA) is 55.8 Å². The summed E-state index contributed by atoms with van der Waals surface area (Å²) in [5.41, 5.74) is 0. The summed E-state index contributed by atoms with van der Waals surface area (Å²) in [7, 11) is 0. The summed E-state index contributed by atoms with van der Waals surface area (Å²) in [6.45, 7) is 2.51. The molecule has 1 amide bonds. The van der Waals surface area contributed by atoms with Crippen LogP contribution in [-0.2, 0) is 14.3 Å². The lowest BCUT2D eigenvalue weighted by molar-refractivity contribution is -0.187. The average Bonchev–Trinajstić information content (AvgIpc) is 3.15. The van der Waals surface area contributed by atoms with Gasteiger partial charge in [0, 0.05) is 38.8 Å². The van der Waals surface area contributed by atoms with Crippen molar-refractivity contribution in [2.24, 2.45) is 0 Å². The second-order valence-corrected chi connectivity index (χ2v) is 7.23. The van der Waals surface area contributed by atoms with Gasteiger partial charge in [-0.25, -0.2) is 0 Å². The number of hydrogen-bond acceptors (Lipinski definition) is 5. The number of thiophene rings is 1. The van der Waals surface area contributed by atoms with Gasteiger partial charge in [0.15, 0.2) is 11.6 Å². The number of likely N-dealkylation sites (tertiary alicyclic amines) is 1. The number of Topliss-reactive ketones (excluding diaryl/α,β-unsaturated/α-hetero) is 1. The van der Waals surface area contributed by atoms with Gasteiger partial charge < -0.3 is 14.4 Å². The van der Waals surface area contributed by atoms with Gasteiger partial charge >= 0.3 is 0 Å². The second kappa shape index (κ2) is 6.66. The van der Waals surface area contributed by atoms with E-state index in [1.54, 1.807) is 17.0 Å². The number of ketones is 1. The zero-order chi connectivity index (χ0) is 15.6. The van der Waals surface area contributed by atoms with Gasteiger partial charge in [0.2, 0.25) is 5.91 Å². The van der Waals surface area contributed by atoms with Crippen molar-refractivity contribution in [3.05, 3.63) is 21.3 Å². The Morgan fingerprint density at radius 3 is 2.45 bits per heavy atom. The Morgan fingerprint density at radius 1 is 1.18 bits per heavy atom. The molecular weight excluding hydrogens is 326 g/mol. The maximum atomic E-state index is 12.2. The number of carbonyl (C=O) groups excluding carboxylic acids is 2. The number of carbonyl (C=O) groups is 2. The highest BCUT2D eigenvalue weighted by atomic mass is 35.5. The van der Waals surface area contributed by atoms with Crippen molar-refractivity contribution in [3.63, 3.8) is 0 Å². The van der Waals surface area contributed by atoms with Crippen LogP contribution in [0.5, 0.6) is 0 Å². The summed E-state index contributed by atoms with van der Waals surface area (Å²) in [6.07, 6.45) is 1.87. The Balaban J connectivity index is 1.45. The fourth-order valence-electron chi connectivity index (χ4n) is 2.85. The molecule has 22 heavy (non-hydrogen) atoms. The molecule has 0 aliphatic carbocycles. The van der Waals surface area contributed by atoms with E-state index >= 15 is 0 Å². The first-order chi connectivity index (χ1) is 10.6. The lowest BCUT2D eigenvalue weighted by atomic mass is 10.0. The molecule has 7 heteroatoms. The lowest BCUT2D eigenvalue weighted by Crippen LogP contribution is -2.47. The van der Waals surface area contributed by atoms with Crippen LogP contribution in [-0.4, -0.2) is 48.7 Å². The molecule has 1 aromatic heterocycles. The average molecular weight is 344 g/mol. The minimum atomic E-state index is -0.472. The fourth-order valence-corrected chi connectivity index (χ4v) is 3.86. The third kappa shape index (κ3) is 3.51. The van der Waals surface area contributed by atoms with Crippen LogP contribution in [0.15, 0.2) is 12.1 Å². The maximum Gasteiger partial charge on any atom is 0.223 e. The molecule has 0 N–H and O–H groups in total. The van der Waals surface area contributed by atoms with Crippen LogP contribution >= 0.6 is 22.9 Å². The van der Waals surface area contributed by atoms with Gasteiger partial charge in [0.05, 0.1) is 22.4 Å². The SMILES string of the molecule is O=C(CCC(=O)N1CCC2(CC1)OCCO2)c1ccc(Cl)s1. The largest absolute Gasteiger partial charge is 0.347 e. The third-order valence-electron chi connectivity index (χ3n) is 4.11. The van der Waals surface area contributed by atoms with E-state index in [2.05, 4.69) is 0 Å². The molecule has 3 rings (SSSR count). The number of piperidine rings is 1. The summed E-state index contributed by atoms with van der Waals surface area (Å²) in [6, 6.07) is 3.41. The normalized spacial score (nSPS) is 20.5. The Hall–Kier alpha value is -0.950. The molecular formula is C15H18ClNO4S. The van der Waals surface area contributed by atoms with Crippen molar-refractivity contribution in [3.8, 4) is 0 Å². The minimum Gasteiger partial charge on any atom is -0.347 e. The van der Waals surface area contributed by atoms with Crippen LogP contribution in [0.2, 0.25) is 4.34 Å². The van der Waals surface area contributed by atoms with Gasteiger partial charge in [-0.15, -0.1) is 11.3 Å². The summed E-state index contributed by atoms with van der Waals surface area (Å²) in [5.74, 6) is -0.481. The molecule has 0 aromatic carbocycles. The molecule has 2 saturated heterocycles. The van der Waals surface area contributed by atoms with Crippen LogP contribution in [0.4, 0.5) is 0 Å². The number of nitrogens with zero attached hydrogens (tertiary/aromatic N) is 1. The standard InChI is InChI=1S/C15H18ClNO4S/c16-13-3-2-12(22-13)11(18)1-4-14(19)17-7-5-15(6-8-17)20-9-10-21-15/h2-3H,1,4-10H2. The zero-order valence-corrected chi connectivity index (χ0v) is 13.8. The summed E-state index contributed by atoms with van der Waals surface area (Å²) in [5, 5.41) is 0. The van der Waals surface area contributed by atoms with E-state index in [0.717, 1.165) is 0 Å². The number of halogens is 1. The van der Waals surface area contributed by atoms with E-state index in [-0.39, 0.29) is 24.5 Å². The first kappa shape index (κ1) is 15.9. The van der Waals surface area contributed by atoms with E-state index in [0.29, 0.717) is 48.4 Å². The van der Waals surface area contributed by atoms with Crippen molar-refractivity contribution in [2.45, 2.75) is 31.5 Å². The predicted molar refractivity (Wildman–Crippen MR) is 83.3 cm³/mol. The molecule has 5 nitrogen and oxygen atoms in total. The first-order valence-corrected chi connectivity index (χ1v) is 8.62. The van der Waals surface area contributed by atoms with Crippen LogP contribution in [0.1, 0.15) is 35.4 Å². The van der Waals surface area contributed by atoms with Gasteiger partial charge in [0.25, 0.3) is 0 Å². The van der Waals surface area contributed by atoms with E-state index in [9.17, 15) is 9.59 Å². The highest BCUT2D eigenvalue weighted by molar-refractivity contribution is 7.18. The monoisotopic (exact) mass is 343 g/mol. The van der Waals surface area contributed by atoms with Crippen molar-refractivity contribution < 1.29 is 19.1 Å². The Kier molecular flexibility index (Phi) is 4.82. The molecule has 2 fully saturated rings. The Labute approximate surface area is 138 Å². The first-order valence-electron chi connectivity index (χ1n) is 7.42. The molecule has 0 unspecified atom stereocenters. The molecule has 0 saturated carbocycles. The zero-order valence-electron chi connectivity index (χ0n) is 12.2. The van der Waals surface area contributed by atoms with Crippen molar-refractivity contribution in [1.29, 1.82) is 0 Å². The summed E-state index contributed by atoms with van der Waals surface area (Å²) < 4.78 is 11.9. The van der Waals surface area contributed by atoms with Gasteiger partial charge in [0.1, 0.15) is 0 Å². The molecule has 2 aliphatic rings. The van der Waals surface area contributed by atoms with Gasteiger partial charge in [-0.2, -0.15) is 0 Å². The van der Waals surface area contributed by atoms with Crippen LogP contribution < -0.4 is 0 Å². The fraction of sp³-hybridized carbons (Fsp3) is 0.600. The molecule has 1 spiro atoms. The second-order valence-electron chi connectivity index (χ2n) is 5.52. The minimum absolute atomic E-state index is 0.0175. The highest BCUT2D eigenvalue weighted by Crippen LogP contribution is 2.31. The smallest absolute Gasteiger partial charge is 0.223 e. The quantitative estimate of drug-likeness (QED) is 0.789. The van der Waals surface area contributed by atoms with Crippen LogP contribution in [0, 0.1) is 0 Å². The predicted octanol–water partition coefficient (Wildman–Crippen LogP) is 2.73. The summed E-state index contributed by atoms with van der Waals surface area (Å²) in [4.78, 5) is 26.6. The Bertz CT molecular complexity index is 558. The number of ether oxygens (including phenoxy) is 2. The van der Waals surface area contributed by atoms with E-state index in [1.165, 1.54) is 11.3 Å². The van der Waals surface area contributed by atoms with E-state index in [4.69, 9.17) is 21.1 Å².